The van der Waals surface area contributed by atoms with Crippen molar-refractivity contribution in [2.24, 2.45) is 0 Å². The molecular formula is C20H15F3N2O5. The minimum Gasteiger partial charge on any atom is -0.465 e. The molecule has 156 valence electrons. The van der Waals surface area contributed by atoms with E-state index in [1.807, 2.05) is 0 Å². The van der Waals surface area contributed by atoms with Gasteiger partial charge in [0, 0.05) is 5.56 Å². The van der Waals surface area contributed by atoms with Crippen LogP contribution in [0.4, 0.5) is 13.2 Å². The Bertz CT molecular complexity index is 1080. The second-order valence-corrected chi connectivity index (χ2v) is 5.83. The summed E-state index contributed by atoms with van der Waals surface area (Å²) in [7, 11) is 2.23. The predicted molar refractivity (Wildman–Crippen MR) is 98.3 cm³/mol. The minimum absolute atomic E-state index is 0.0364. The summed E-state index contributed by atoms with van der Waals surface area (Å²) in [4.78, 5) is 25.0. The number of nitrogens with zero attached hydrogens (tertiary/aromatic N) is 2. The van der Waals surface area contributed by atoms with E-state index in [9.17, 15) is 22.8 Å². The molecule has 0 radical (unpaired) electrons. The summed E-state index contributed by atoms with van der Waals surface area (Å²) in [6.07, 6.45) is 0. The van der Waals surface area contributed by atoms with Crippen LogP contribution in [0.3, 0.4) is 0 Å². The summed E-state index contributed by atoms with van der Waals surface area (Å²) >= 11 is 0. The van der Waals surface area contributed by atoms with Crippen molar-refractivity contribution < 1.29 is 37.0 Å². The van der Waals surface area contributed by atoms with Gasteiger partial charge >= 0.3 is 18.6 Å². The molecule has 1 aromatic heterocycles. The molecule has 3 aromatic rings. The monoisotopic (exact) mass is 420 g/mol. The topological polar surface area (TPSA) is 79.7 Å². The highest BCUT2D eigenvalue weighted by atomic mass is 19.3. The van der Waals surface area contributed by atoms with Crippen LogP contribution in [0.15, 0.2) is 48.5 Å². The lowest BCUT2D eigenvalue weighted by Gasteiger charge is -2.07. The van der Waals surface area contributed by atoms with Gasteiger partial charge in [-0.25, -0.2) is 18.7 Å². The van der Waals surface area contributed by atoms with Gasteiger partial charge in [0.05, 0.1) is 19.9 Å². The highest BCUT2D eigenvalue weighted by molar-refractivity contribution is 6.06. The molecule has 10 heteroatoms. The summed E-state index contributed by atoms with van der Waals surface area (Å²) in [5, 5.41) is 4.28. The first kappa shape index (κ1) is 20.9. The maximum atomic E-state index is 14.3. The van der Waals surface area contributed by atoms with Crippen LogP contribution in [0, 0.1) is 5.82 Å². The Labute approximate surface area is 168 Å². The van der Waals surface area contributed by atoms with E-state index < -0.39 is 30.1 Å². The fourth-order valence-electron chi connectivity index (χ4n) is 2.80. The standard InChI is InChI=1S/C20H15F3N2O5/c1-28-18(26)15-16(11-8-9-14(13(21)10-11)30-20(22)23)24-25(17(15)19(27)29-2)12-6-4-3-5-7-12/h3-10,20H,1-2H3. The molecule has 0 saturated carbocycles. The minimum atomic E-state index is -3.21. The molecule has 0 bridgehead atoms. The van der Waals surface area contributed by atoms with Gasteiger partial charge in [0.1, 0.15) is 11.3 Å². The predicted octanol–water partition coefficient (Wildman–Crippen LogP) is 3.85. The number of methoxy groups -OCH3 is 2. The van der Waals surface area contributed by atoms with Crippen LogP contribution in [0.1, 0.15) is 20.8 Å². The lowest BCUT2D eigenvalue weighted by atomic mass is 10.1. The number of benzene rings is 2. The molecule has 3 rings (SSSR count). The van der Waals surface area contributed by atoms with Gasteiger partial charge in [0.2, 0.25) is 0 Å². The maximum absolute atomic E-state index is 14.3. The van der Waals surface area contributed by atoms with Crippen molar-refractivity contribution in [1.29, 1.82) is 0 Å². The van der Waals surface area contributed by atoms with Crippen LogP contribution in [0.2, 0.25) is 0 Å². The molecule has 0 aliphatic carbocycles. The number of para-hydroxylation sites is 1. The van der Waals surface area contributed by atoms with Gasteiger partial charge in [-0.3, -0.25) is 0 Å². The average Bonchev–Trinajstić information content (AvgIpc) is 3.15. The average molecular weight is 420 g/mol. The third-order valence-corrected chi connectivity index (χ3v) is 4.08. The smallest absolute Gasteiger partial charge is 0.387 e. The lowest BCUT2D eigenvalue weighted by Crippen LogP contribution is -2.15. The molecule has 2 aromatic carbocycles. The van der Waals surface area contributed by atoms with Gasteiger partial charge in [-0.15, -0.1) is 0 Å². The number of rotatable bonds is 6. The van der Waals surface area contributed by atoms with Crippen molar-refractivity contribution in [3.63, 3.8) is 0 Å². The van der Waals surface area contributed by atoms with E-state index in [1.165, 1.54) is 6.07 Å². The Morgan fingerprint density at radius 3 is 2.23 bits per heavy atom. The largest absolute Gasteiger partial charge is 0.465 e. The van der Waals surface area contributed by atoms with Crippen molar-refractivity contribution in [3.05, 3.63) is 65.6 Å². The van der Waals surface area contributed by atoms with E-state index in [0.29, 0.717) is 5.69 Å². The molecule has 30 heavy (non-hydrogen) atoms. The quantitative estimate of drug-likeness (QED) is 0.564. The van der Waals surface area contributed by atoms with Crippen molar-refractivity contribution in [2.45, 2.75) is 6.61 Å². The first-order valence-corrected chi connectivity index (χ1v) is 8.47. The highest BCUT2D eigenvalue weighted by Gasteiger charge is 2.31. The Hall–Kier alpha value is -3.82. The molecule has 0 aliphatic rings. The summed E-state index contributed by atoms with van der Waals surface area (Å²) in [6.45, 7) is -3.21. The van der Waals surface area contributed by atoms with E-state index in [4.69, 9.17) is 9.47 Å². The molecule has 0 N–H and O–H groups in total. The number of hydrogen-bond donors (Lipinski definition) is 0. The summed E-state index contributed by atoms with van der Waals surface area (Å²) in [5.41, 5.74) is -0.149. The Morgan fingerprint density at radius 1 is 1.00 bits per heavy atom. The third-order valence-electron chi connectivity index (χ3n) is 4.08. The van der Waals surface area contributed by atoms with Gasteiger partial charge in [-0.05, 0) is 30.3 Å². The Morgan fingerprint density at radius 2 is 1.67 bits per heavy atom. The van der Waals surface area contributed by atoms with Gasteiger partial charge < -0.3 is 14.2 Å². The number of ether oxygens (including phenoxy) is 3. The van der Waals surface area contributed by atoms with Gasteiger partial charge in [-0.1, -0.05) is 18.2 Å². The number of alkyl halides is 2. The van der Waals surface area contributed by atoms with Crippen molar-refractivity contribution in [2.75, 3.05) is 14.2 Å². The van der Waals surface area contributed by atoms with E-state index in [2.05, 4.69) is 9.84 Å². The number of halogens is 3. The summed E-state index contributed by atoms with van der Waals surface area (Å²) < 4.78 is 53.9. The number of hydrogen-bond acceptors (Lipinski definition) is 6. The molecule has 7 nitrogen and oxygen atoms in total. The number of esters is 2. The number of aromatic nitrogens is 2. The molecule has 0 unspecified atom stereocenters. The van der Waals surface area contributed by atoms with Gasteiger partial charge in [-0.2, -0.15) is 13.9 Å². The molecule has 0 atom stereocenters. The highest BCUT2D eigenvalue weighted by Crippen LogP contribution is 2.32. The zero-order chi connectivity index (χ0) is 21.8. The first-order valence-electron chi connectivity index (χ1n) is 8.47. The van der Waals surface area contributed by atoms with Crippen LogP contribution in [-0.2, 0) is 9.47 Å². The van der Waals surface area contributed by atoms with E-state index in [-0.39, 0.29) is 22.5 Å². The maximum Gasteiger partial charge on any atom is 0.387 e. The molecule has 1 heterocycles. The second-order valence-electron chi connectivity index (χ2n) is 5.83. The van der Waals surface area contributed by atoms with Crippen molar-refractivity contribution in [1.82, 2.24) is 9.78 Å². The molecule has 0 amide bonds. The molecular weight excluding hydrogens is 405 g/mol. The fourth-order valence-corrected chi connectivity index (χ4v) is 2.80. The van der Waals surface area contributed by atoms with Crippen LogP contribution < -0.4 is 4.74 Å². The number of carbonyl (C=O) groups excluding carboxylic acids is 2. The third kappa shape index (κ3) is 3.97. The molecule has 0 spiro atoms. The van der Waals surface area contributed by atoms with Crippen LogP contribution in [0.5, 0.6) is 5.75 Å². The van der Waals surface area contributed by atoms with Crippen molar-refractivity contribution in [3.8, 4) is 22.7 Å². The van der Waals surface area contributed by atoms with E-state index >= 15 is 0 Å². The second kappa shape index (κ2) is 8.68. The van der Waals surface area contributed by atoms with E-state index in [0.717, 1.165) is 31.0 Å². The normalized spacial score (nSPS) is 10.7. The lowest BCUT2D eigenvalue weighted by molar-refractivity contribution is -0.0521. The van der Waals surface area contributed by atoms with Crippen LogP contribution >= 0.6 is 0 Å². The van der Waals surface area contributed by atoms with Gasteiger partial charge in [0.25, 0.3) is 0 Å². The number of carbonyl (C=O) groups is 2. The summed E-state index contributed by atoms with van der Waals surface area (Å²) in [5.74, 6) is -3.57. The first-order chi connectivity index (χ1) is 14.4. The summed E-state index contributed by atoms with van der Waals surface area (Å²) in [6, 6.07) is 11.4. The molecule has 0 saturated heterocycles. The SMILES string of the molecule is COC(=O)c1c(-c2ccc(OC(F)F)c(F)c2)nn(-c2ccccc2)c1C(=O)OC. The van der Waals surface area contributed by atoms with E-state index in [1.54, 1.807) is 30.3 Å². The zero-order valence-electron chi connectivity index (χ0n) is 15.8. The zero-order valence-corrected chi connectivity index (χ0v) is 15.8. The van der Waals surface area contributed by atoms with Crippen LogP contribution in [0.25, 0.3) is 16.9 Å². The van der Waals surface area contributed by atoms with Crippen LogP contribution in [-0.4, -0.2) is 42.6 Å². The molecule has 0 aliphatic heterocycles. The Balaban J connectivity index is 2.26. The Kier molecular flexibility index (Phi) is 6.05. The van der Waals surface area contributed by atoms with Gasteiger partial charge in [0.15, 0.2) is 17.3 Å². The fraction of sp³-hybridized carbons (Fsp3) is 0.150. The molecule has 0 fully saturated rings. The van der Waals surface area contributed by atoms with Crippen molar-refractivity contribution >= 4 is 11.9 Å².